The Kier molecular flexibility index (Phi) is 7.44. The van der Waals surface area contributed by atoms with Gasteiger partial charge in [0.15, 0.2) is 0 Å². The van der Waals surface area contributed by atoms with Gasteiger partial charge in [-0.15, -0.1) is 12.4 Å². The number of unbranched alkanes of at least 4 members (excludes halogenated alkanes) is 1. The first kappa shape index (κ1) is 16.4. The summed E-state index contributed by atoms with van der Waals surface area (Å²) in [6, 6.07) is 5.84. The fourth-order valence-electron chi connectivity index (χ4n) is 1.93. The quantitative estimate of drug-likeness (QED) is 0.850. The molecule has 17 heavy (non-hydrogen) atoms. The van der Waals surface area contributed by atoms with Crippen molar-refractivity contribution >= 4 is 12.4 Å². The number of halogens is 1. The molecule has 0 radical (unpaired) electrons. The second-order valence-electron chi connectivity index (χ2n) is 4.52. The summed E-state index contributed by atoms with van der Waals surface area (Å²) in [4.78, 5) is 0. The third kappa shape index (κ3) is 4.30. The molecule has 98 valence electrons. The molecule has 0 spiro atoms. The fraction of sp³-hybridized carbons (Fsp3) is 0.571. The monoisotopic (exact) mass is 257 g/mol. The molecule has 0 fully saturated rings. The van der Waals surface area contributed by atoms with E-state index in [4.69, 9.17) is 5.73 Å². The molecule has 3 heteroatoms. The maximum Gasteiger partial charge on any atom is 0.0732 e. The van der Waals surface area contributed by atoms with Crippen LogP contribution in [0, 0.1) is 13.8 Å². The number of aliphatic hydroxyl groups excluding tert-OH is 1. The number of aryl methyl sites for hydroxylation is 1. The first-order valence-electron chi connectivity index (χ1n) is 6.07. The molecule has 3 N–H and O–H groups in total. The van der Waals surface area contributed by atoms with Crippen LogP contribution in [0.5, 0.6) is 0 Å². The zero-order valence-electron chi connectivity index (χ0n) is 10.9. The van der Waals surface area contributed by atoms with Gasteiger partial charge in [-0.1, -0.05) is 38.0 Å². The van der Waals surface area contributed by atoms with Crippen LogP contribution in [-0.2, 0) is 0 Å². The summed E-state index contributed by atoms with van der Waals surface area (Å²) in [6.07, 6.45) is 2.47. The average Bonchev–Trinajstić information content (AvgIpc) is 2.28. The Bertz CT molecular complexity index is 341. The zero-order chi connectivity index (χ0) is 12.1. The van der Waals surface area contributed by atoms with E-state index in [1.165, 1.54) is 11.1 Å². The highest BCUT2D eigenvalue weighted by Crippen LogP contribution is 2.23. The van der Waals surface area contributed by atoms with Crippen molar-refractivity contribution in [2.75, 3.05) is 0 Å². The smallest absolute Gasteiger partial charge is 0.0732 e. The lowest BCUT2D eigenvalue weighted by molar-refractivity contribution is 0.132. The van der Waals surface area contributed by atoms with Crippen LogP contribution in [-0.4, -0.2) is 11.2 Å². The third-order valence-electron chi connectivity index (χ3n) is 3.27. The standard InChI is InChI=1S/C14H23NO.ClH/c1-4-5-9-13(16)14(15)12-8-6-7-10(2)11(12)3;/h6-8,13-14,16H,4-5,9,15H2,1-3H3;1H/t13-,14+;/m0./s1. The minimum absolute atomic E-state index is 0. The van der Waals surface area contributed by atoms with Crippen molar-refractivity contribution in [2.45, 2.75) is 52.2 Å². The van der Waals surface area contributed by atoms with Crippen LogP contribution in [0.4, 0.5) is 0 Å². The van der Waals surface area contributed by atoms with E-state index in [1.54, 1.807) is 0 Å². The number of rotatable bonds is 5. The lowest BCUT2D eigenvalue weighted by atomic mass is 9.93. The maximum absolute atomic E-state index is 9.99. The van der Waals surface area contributed by atoms with E-state index >= 15 is 0 Å². The summed E-state index contributed by atoms with van der Waals surface area (Å²) in [5.74, 6) is 0. The van der Waals surface area contributed by atoms with E-state index in [1.807, 2.05) is 12.1 Å². The van der Waals surface area contributed by atoms with Gasteiger partial charge in [0.05, 0.1) is 12.1 Å². The van der Waals surface area contributed by atoms with Crippen molar-refractivity contribution < 1.29 is 5.11 Å². The molecule has 1 aromatic carbocycles. The van der Waals surface area contributed by atoms with Crippen molar-refractivity contribution in [1.29, 1.82) is 0 Å². The number of hydrogen-bond acceptors (Lipinski definition) is 2. The van der Waals surface area contributed by atoms with Gasteiger partial charge in [-0.05, 0) is 37.0 Å². The van der Waals surface area contributed by atoms with Crippen molar-refractivity contribution in [3.8, 4) is 0 Å². The van der Waals surface area contributed by atoms with Crippen molar-refractivity contribution in [3.05, 3.63) is 34.9 Å². The number of nitrogens with two attached hydrogens (primary N) is 1. The first-order chi connectivity index (χ1) is 7.57. The van der Waals surface area contributed by atoms with E-state index in [2.05, 4.69) is 26.8 Å². The van der Waals surface area contributed by atoms with E-state index in [0.717, 1.165) is 24.8 Å². The van der Waals surface area contributed by atoms with Gasteiger partial charge in [-0.25, -0.2) is 0 Å². The van der Waals surface area contributed by atoms with Gasteiger partial charge in [-0.2, -0.15) is 0 Å². The van der Waals surface area contributed by atoms with Gasteiger partial charge >= 0.3 is 0 Å². The first-order valence-corrected chi connectivity index (χ1v) is 6.07. The summed E-state index contributed by atoms with van der Waals surface area (Å²) in [5.41, 5.74) is 9.60. The Morgan fingerprint density at radius 1 is 1.29 bits per heavy atom. The molecule has 0 heterocycles. The summed E-state index contributed by atoms with van der Waals surface area (Å²) in [5, 5.41) is 9.99. The number of benzene rings is 1. The van der Waals surface area contributed by atoms with Crippen LogP contribution in [0.3, 0.4) is 0 Å². The van der Waals surface area contributed by atoms with Gasteiger partial charge in [0.2, 0.25) is 0 Å². The zero-order valence-corrected chi connectivity index (χ0v) is 11.8. The normalized spacial score (nSPS) is 13.9. The molecule has 0 unspecified atom stereocenters. The highest BCUT2D eigenvalue weighted by atomic mass is 35.5. The Morgan fingerprint density at radius 2 is 1.94 bits per heavy atom. The molecule has 0 aliphatic heterocycles. The minimum Gasteiger partial charge on any atom is -0.391 e. The molecule has 0 aliphatic carbocycles. The van der Waals surface area contributed by atoms with Crippen molar-refractivity contribution in [2.24, 2.45) is 5.73 Å². The van der Waals surface area contributed by atoms with Gasteiger partial charge in [0.25, 0.3) is 0 Å². The second-order valence-corrected chi connectivity index (χ2v) is 4.52. The topological polar surface area (TPSA) is 46.2 Å². The molecule has 0 saturated heterocycles. The largest absolute Gasteiger partial charge is 0.391 e. The second kappa shape index (κ2) is 7.70. The molecule has 2 nitrogen and oxygen atoms in total. The average molecular weight is 258 g/mol. The molecular weight excluding hydrogens is 234 g/mol. The summed E-state index contributed by atoms with van der Waals surface area (Å²) in [6.45, 7) is 6.26. The van der Waals surface area contributed by atoms with Crippen molar-refractivity contribution in [3.63, 3.8) is 0 Å². The fourth-order valence-corrected chi connectivity index (χ4v) is 1.93. The van der Waals surface area contributed by atoms with Gasteiger partial charge in [-0.3, -0.25) is 0 Å². The van der Waals surface area contributed by atoms with E-state index in [0.29, 0.717) is 0 Å². The maximum atomic E-state index is 9.99. The highest BCUT2D eigenvalue weighted by Gasteiger charge is 2.18. The Balaban J connectivity index is 0.00000256. The lowest BCUT2D eigenvalue weighted by Gasteiger charge is -2.21. The van der Waals surface area contributed by atoms with E-state index in [-0.39, 0.29) is 18.4 Å². The SMILES string of the molecule is CCCC[C@H](O)[C@H](N)c1cccc(C)c1C.Cl. The molecule has 0 aliphatic rings. The molecule has 1 aromatic rings. The minimum atomic E-state index is -0.430. The lowest BCUT2D eigenvalue weighted by Crippen LogP contribution is -2.27. The third-order valence-corrected chi connectivity index (χ3v) is 3.27. The summed E-state index contributed by atoms with van der Waals surface area (Å²) >= 11 is 0. The molecule has 2 atom stereocenters. The van der Waals surface area contributed by atoms with Crippen molar-refractivity contribution in [1.82, 2.24) is 0 Å². The van der Waals surface area contributed by atoms with Crippen LogP contribution in [0.15, 0.2) is 18.2 Å². The van der Waals surface area contributed by atoms with E-state index in [9.17, 15) is 5.11 Å². The van der Waals surface area contributed by atoms with Crippen LogP contribution in [0.25, 0.3) is 0 Å². The Hall–Kier alpha value is -0.570. The molecule has 0 aromatic heterocycles. The summed E-state index contributed by atoms with van der Waals surface area (Å²) < 4.78 is 0. The molecule has 1 rings (SSSR count). The molecule has 0 amide bonds. The molecule has 0 bridgehead atoms. The number of hydrogen-bond donors (Lipinski definition) is 2. The predicted octanol–water partition coefficient (Wildman–Crippen LogP) is 3.28. The van der Waals surface area contributed by atoms with Crippen LogP contribution >= 0.6 is 12.4 Å². The van der Waals surface area contributed by atoms with Gasteiger partial charge in [0, 0.05) is 0 Å². The Labute approximate surface area is 111 Å². The van der Waals surface area contributed by atoms with Crippen LogP contribution in [0.1, 0.15) is 48.9 Å². The highest BCUT2D eigenvalue weighted by molar-refractivity contribution is 5.85. The predicted molar refractivity (Wildman–Crippen MR) is 75.6 cm³/mol. The van der Waals surface area contributed by atoms with Gasteiger partial charge < -0.3 is 10.8 Å². The summed E-state index contributed by atoms with van der Waals surface area (Å²) in [7, 11) is 0. The van der Waals surface area contributed by atoms with Gasteiger partial charge in [0.1, 0.15) is 0 Å². The molecular formula is C14H24ClNO. The Morgan fingerprint density at radius 3 is 2.53 bits per heavy atom. The van der Waals surface area contributed by atoms with Crippen LogP contribution < -0.4 is 5.73 Å². The van der Waals surface area contributed by atoms with E-state index < -0.39 is 6.10 Å². The number of aliphatic hydroxyl groups is 1. The van der Waals surface area contributed by atoms with Crippen LogP contribution in [0.2, 0.25) is 0 Å². The molecule has 0 saturated carbocycles.